The molecule has 0 spiro atoms. The van der Waals surface area contributed by atoms with Crippen molar-refractivity contribution in [2.75, 3.05) is 5.32 Å². The minimum atomic E-state index is -0.390. The van der Waals surface area contributed by atoms with E-state index in [-0.39, 0.29) is 5.82 Å². The lowest BCUT2D eigenvalue weighted by Crippen LogP contribution is -1.98. The highest BCUT2D eigenvalue weighted by atomic mass is 19.1. The van der Waals surface area contributed by atoms with E-state index in [1.807, 2.05) is 13.0 Å². The number of aryl methyl sites for hydroxylation is 2. The second kappa shape index (κ2) is 7.32. The molecule has 3 aromatic heterocycles. The molecule has 2 aromatic carbocycles. The Labute approximate surface area is 176 Å². The molecule has 0 aliphatic rings. The highest BCUT2D eigenvalue weighted by molar-refractivity contribution is 5.94. The van der Waals surface area contributed by atoms with Crippen LogP contribution in [0.5, 0.6) is 0 Å². The van der Waals surface area contributed by atoms with Gasteiger partial charge in [-0.15, -0.1) is 0 Å². The molecule has 3 heterocycles. The van der Waals surface area contributed by atoms with Crippen molar-refractivity contribution in [2.45, 2.75) is 13.8 Å². The molecule has 0 fully saturated rings. The predicted octanol–water partition coefficient (Wildman–Crippen LogP) is 5.71. The predicted molar refractivity (Wildman–Crippen MR) is 113 cm³/mol. The highest BCUT2D eigenvalue weighted by Crippen LogP contribution is 2.31. The summed E-state index contributed by atoms with van der Waals surface area (Å²) in [6.45, 7) is 3.61. The van der Waals surface area contributed by atoms with Gasteiger partial charge in [0.05, 0.1) is 29.5 Å². The minimum Gasteiger partial charge on any atom is -0.439 e. The van der Waals surface area contributed by atoms with E-state index in [2.05, 4.69) is 20.4 Å². The SMILES string of the molecule is Cc1ncc(-c2ccc(Nc3cc(F)cc4c(C)n(-c5ccc(F)cc5)nc34)cn2)o1. The van der Waals surface area contributed by atoms with Crippen LogP contribution in [0.15, 0.2) is 65.3 Å². The van der Waals surface area contributed by atoms with Crippen molar-refractivity contribution < 1.29 is 13.2 Å². The van der Waals surface area contributed by atoms with E-state index in [1.54, 1.807) is 42.2 Å². The largest absolute Gasteiger partial charge is 0.439 e. The molecule has 0 atom stereocenters. The summed E-state index contributed by atoms with van der Waals surface area (Å²) in [7, 11) is 0. The van der Waals surface area contributed by atoms with E-state index in [1.165, 1.54) is 24.3 Å². The fourth-order valence-corrected chi connectivity index (χ4v) is 3.45. The number of fused-ring (bicyclic) bond motifs is 1. The Kier molecular flexibility index (Phi) is 4.47. The second-order valence-electron chi connectivity index (χ2n) is 7.12. The van der Waals surface area contributed by atoms with Crippen molar-refractivity contribution in [1.82, 2.24) is 19.7 Å². The summed E-state index contributed by atoms with van der Waals surface area (Å²) in [4.78, 5) is 8.46. The standard InChI is InChI=1S/C23H17F2N5O/c1-13-19-9-16(25)10-21(23(19)29-30(13)18-6-3-15(24)4-7-18)28-17-5-8-20(27-11-17)22-12-26-14(2)31-22/h3-12,28H,1-2H3. The number of oxazole rings is 1. The highest BCUT2D eigenvalue weighted by Gasteiger charge is 2.15. The van der Waals surface area contributed by atoms with Gasteiger partial charge in [-0.05, 0) is 55.5 Å². The van der Waals surface area contributed by atoms with Crippen molar-refractivity contribution in [3.63, 3.8) is 0 Å². The molecule has 31 heavy (non-hydrogen) atoms. The first-order valence-electron chi connectivity index (χ1n) is 9.58. The number of anilines is 2. The number of hydrogen-bond donors (Lipinski definition) is 1. The quantitative estimate of drug-likeness (QED) is 0.405. The van der Waals surface area contributed by atoms with Crippen molar-refractivity contribution in [2.24, 2.45) is 0 Å². The van der Waals surface area contributed by atoms with E-state index in [0.29, 0.717) is 45.3 Å². The van der Waals surface area contributed by atoms with E-state index in [4.69, 9.17) is 4.42 Å². The lowest BCUT2D eigenvalue weighted by molar-refractivity contribution is 0.532. The van der Waals surface area contributed by atoms with Gasteiger partial charge in [-0.25, -0.2) is 18.4 Å². The molecule has 6 nitrogen and oxygen atoms in total. The monoisotopic (exact) mass is 417 g/mol. The van der Waals surface area contributed by atoms with Gasteiger partial charge < -0.3 is 9.73 Å². The molecular weight excluding hydrogens is 400 g/mol. The van der Waals surface area contributed by atoms with Crippen LogP contribution in [0.25, 0.3) is 28.0 Å². The Morgan fingerprint density at radius 3 is 2.39 bits per heavy atom. The van der Waals surface area contributed by atoms with E-state index < -0.39 is 5.82 Å². The Hall–Kier alpha value is -4.07. The average Bonchev–Trinajstić information content (AvgIpc) is 3.33. The smallest absolute Gasteiger partial charge is 0.191 e. The van der Waals surface area contributed by atoms with Gasteiger partial charge >= 0.3 is 0 Å². The molecule has 5 aromatic rings. The zero-order valence-electron chi connectivity index (χ0n) is 16.7. The summed E-state index contributed by atoms with van der Waals surface area (Å²) in [6, 6.07) is 12.4. The molecule has 0 radical (unpaired) electrons. The summed E-state index contributed by atoms with van der Waals surface area (Å²) < 4.78 is 34.8. The molecule has 0 bridgehead atoms. The second-order valence-corrected chi connectivity index (χ2v) is 7.12. The number of hydrogen-bond acceptors (Lipinski definition) is 5. The first-order valence-corrected chi connectivity index (χ1v) is 9.58. The molecule has 1 N–H and O–H groups in total. The summed E-state index contributed by atoms with van der Waals surface area (Å²) in [6.07, 6.45) is 3.25. The Balaban J connectivity index is 1.52. The third kappa shape index (κ3) is 3.52. The number of halogens is 2. The maximum absolute atomic E-state index is 14.4. The van der Waals surface area contributed by atoms with Crippen LogP contribution in [0.2, 0.25) is 0 Å². The van der Waals surface area contributed by atoms with E-state index in [0.717, 1.165) is 5.69 Å². The molecular formula is C23H17F2N5O. The number of aromatic nitrogens is 4. The van der Waals surface area contributed by atoms with Crippen molar-refractivity contribution in [3.05, 3.63) is 84.1 Å². The van der Waals surface area contributed by atoms with Crippen molar-refractivity contribution in [3.8, 4) is 17.1 Å². The Bertz CT molecular complexity index is 1390. The normalized spacial score (nSPS) is 11.2. The number of nitrogens with zero attached hydrogens (tertiary/aromatic N) is 4. The average molecular weight is 417 g/mol. The molecule has 0 saturated heterocycles. The van der Waals surface area contributed by atoms with E-state index >= 15 is 0 Å². The first kappa shape index (κ1) is 18.9. The minimum absolute atomic E-state index is 0.331. The first-order chi connectivity index (χ1) is 15.0. The maximum Gasteiger partial charge on any atom is 0.191 e. The Morgan fingerprint density at radius 1 is 0.903 bits per heavy atom. The third-order valence-electron chi connectivity index (χ3n) is 4.97. The van der Waals surface area contributed by atoms with Gasteiger partial charge in [0.25, 0.3) is 0 Å². The summed E-state index contributed by atoms with van der Waals surface area (Å²) in [5.41, 5.74) is 3.85. The van der Waals surface area contributed by atoms with Gasteiger partial charge in [0.1, 0.15) is 22.8 Å². The van der Waals surface area contributed by atoms with Crippen LogP contribution in [0, 0.1) is 25.5 Å². The van der Waals surface area contributed by atoms with Gasteiger partial charge in [0.2, 0.25) is 0 Å². The van der Waals surface area contributed by atoms with Crippen molar-refractivity contribution in [1.29, 1.82) is 0 Å². The molecule has 8 heteroatoms. The fraction of sp³-hybridized carbons (Fsp3) is 0.0870. The zero-order chi connectivity index (χ0) is 21.5. The van der Waals surface area contributed by atoms with Crippen LogP contribution in [0.4, 0.5) is 20.2 Å². The number of rotatable bonds is 4. The maximum atomic E-state index is 14.4. The van der Waals surface area contributed by atoms with Crippen LogP contribution in [0.1, 0.15) is 11.6 Å². The fourth-order valence-electron chi connectivity index (χ4n) is 3.45. The van der Waals surface area contributed by atoms with Crippen molar-refractivity contribution >= 4 is 22.3 Å². The van der Waals surface area contributed by atoms with Crippen LogP contribution < -0.4 is 5.32 Å². The lowest BCUT2D eigenvalue weighted by atomic mass is 10.1. The van der Waals surface area contributed by atoms with E-state index in [9.17, 15) is 8.78 Å². The summed E-state index contributed by atoms with van der Waals surface area (Å²) in [5, 5.41) is 8.49. The van der Waals surface area contributed by atoms with Crippen LogP contribution in [0.3, 0.4) is 0 Å². The molecule has 154 valence electrons. The molecule has 0 unspecified atom stereocenters. The molecule has 0 aliphatic heterocycles. The third-order valence-corrected chi connectivity index (χ3v) is 4.97. The van der Waals surface area contributed by atoms with Crippen LogP contribution in [-0.4, -0.2) is 19.7 Å². The topological polar surface area (TPSA) is 68.8 Å². The zero-order valence-corrected chi connectivity index (χ0v) is 16.7. The van der Waals surface area contributed by atoms with Gasteiger partial charge in [0, 0.05) is 18.0 Å². The molecule has 0 amide bonds. The van der Waals surface area contributed by atoms with Gasteiger partial charge in [-0.1, -0.05) is 0 Å². The number of nitrogens with one attached hydrogen (secondary N) is 1. The van der Waals surface area contributed by atoms with Crippen LogP contribution in [-0.2, 0) is 0 Å². The number of benzene rings is 2. The summed E-state index contributed by atoms with van der Waals surface area (Å²) >= 11 is 0. The van der Waals surface area contributed by atoms with Gasteiger partial charge in [-0.3, -0.25) is 4.98 Å². The van der Waals surface area contributed by atoms with Gasteiger partial charge in [0.15, 0.2) is 11.7 Å². The summed E-state index contributed by atoms with van der Waals surface area (Å²) in [5.74, 6) is 0.417. The lowest BCUT2D eigenvalue weighted by Gasteiger charge is -2.07. The molecule has 0 saturated carbocycles. The number of pyridine rings is 1. The van der Waals surface area contributed by atoms with Gasteiger partial charge in [-0.2, -0.15) is 5.10 Å². The molecule has 5 rings (SSSR count). The molecule has 0 aliphatic carbocycles. The van der Waals surface area contributed by atoms with Crippen LogP contribution >= 0.6 is 0 Å². The Morgan fingerprint density at radius 2 is 1.71 bits per heavy atom.